The molecule has 1 unspecified atom stereocenters. The molecular formula is C17H24F3NO4. The van der Waals surface area contributed by atoms with E-state index in [1.54, 1.807) is 13.2 Å². The van der Waals surface area contributed by atoms with Gasteiger partial charge >= 0.3 is 12.1 Å². The molecule has 0 spiro atoms. The Morgan fingerprint density at radius 3 is 2.20 bits per heavy atom. The van der Waals surface area contributed by atoms with Gasteiger partial charge < -0.3 is 19.5 Å². The molecule has 0 radical (unpaired) electrons. The predicted molar refractivity (Wildman–Crippen MR) is 87.1 cm³/mol. The molecule has 1 atom stereocenters. The molecule has 1 N–H and O–H groups in total. The second-order valence-corrected chi connectivity index (χ2v) is 5.65. The summed E-state index contributed by atoms with van der Waals surface area (Å²) >= 11 is 0. The van der Waals surface area contributed by atoms with Crippen molar-refractivity contribution in [1.29, 1.82) is 0 Å². The van der Waals surface area contributed by atoms with Gasteiger partial charge in [-0.25, -0.2) is 0 Å². The number of carbonyl (C=O) groups is 1. The lowest BCUT2D eigenvalue weighted by molar-refractivity contribution is -0.174. The quantitative estimate of drug-likeness (QED) is 0.686. The van der Waals surface area contributed by atoms with Crippen molar-refractivity contribution in [1.82, 2.24) is 5.32 Å². The van der Waals surface area contributed by atoms with Crippen molar-refractivity contribution in [3.05, 3.63) is 23.3 Å². The third kappa shape index (κ3) is 6.45. The lowest BCUT2D eigenvalue weighted by Gasteiger charge is -2.19. The molecule has 0 aliphatic carbocycles. The van der Waals surface area contributed by atoms with Crippen molar-refractivity contribution in [2.45, 2.75) is 38.4 Å². The molecule has 1 rings (SSSR count). The molecule has 0 fully saturated rings. The predicted octanol–water partition coefficient (Wildman–Crippen LogP) is 2.89. The van der Waals surface area contributed by atoms with Gasteiger partial charge in [-0.3, -0.25) is 4.79 Å². The maximum Gasteiger partial charge on any atom is 0.471 e. The zero-order valence-electron chi connectivity index (χ0n) is 14.8. The number of amides is 1. The monoisotopic (exact) mass is 363 g/mol. The van der Waals surface area contributed by atoms with Gasteiger partial charge in [0.1, 0.15) is 11.5 Å². The van der Waals surface area contributed by atoms with E-state index in [0.717, 1.165) is 12.0 Å². The first-order valence-corrected chi connectivity index (χ1v) is 7.83. The van der Waals surface area contributed by atoms with E-state index in [-0.39, 0.29) is 6.42 Å². The van der Waals surface area contributed by atoms with E-state index in [0.29, 0.717) is 30.1 Å². The smallest absolute Gasteiger partial charge is 0.471 e. The Bertz CT molecular complexity index is 576. The van der Waals surface area contributed by atoms with E-state index in [1.807, 2.05) is 11.4 Å². The van der Waals surface area contributed by atoms with Crippen LogP contribution in [0.1, 0.15) is 24.5 Å². The molecular weight excluding hydrogens is 339 g/mol. The maximum absolute atomic E-state index is 12.3. The topological polar surface area (TPSA) is 56.8 Å². The second-order valence-electron chi connectivity index (χ2n) is 5.65. The first-order chi connectivity index (χ1) is 11.7. The van der Waals surface area contributed by atoms with Crippen LogP contribution in [-0.4, -0.2) is 46.1 Å². The van der Waals surface area contributed by atoms with Gasteiger partial charge in [0.15, 0.2) is 0 Å². The Morgan fingerprint density at radius 2 is 1.68 bits per heavy atom. The number of carbonyl (C=O) groups excluding carboxylic acids is 1. The largest absolute Gasteiger partial charge is 0.496 e. The Balaban J connectivity index is 2.93. The van der Waals surface area contributed by atoms with Gasteiger partial charge in [-0.2, -0.15) is 13.2 Å². The molecule has 0 bridgehead atoms. The summed E-state index contributed by atoms with van der Waals surface area (Å²) in [6, 6.07) is 2.83. The molecule has 8 heteroatoms. The van der Waals surface area contributed by atoms with Crippen LogP contribution in [0.5, 0.6) is 11.5 Å². The van der Waals surface area contributed by atoms with Gasteiger partial charge in [0, 0.05) is 19.8 Å². The number of methoxy groups -OCH3 is 3. The molecule has 142 valence electrons. The lowest BCUT2D eigenvalue weighted by atomic mass is 10.0. The van der Waals surface area contributed by atoms with Gasteiger partial charge in [-0.15, -0.1) is 0 Å². The van der Waals surface area contributed by atoms with Crippen molar-refractivity contribution in [2.24, 2.45) is 0 Å². The zero-order chi connectivity index (χ0) is 19.0. The van der Waals surface area contributed by atoms with E-state index in [1.165, 1.54) is 21.1 Å². The number of alkyl halides is 3. The molecule has 25 heavy (non-hydrogen) atoms. The van der Waals surface area contributed by atoms with Crippen LogP contribution >= 0.6 is 0 Å². The Labute approximate surface area is 145 Å². The van der Waals surface area contributed by atoms with Crippen LogP contribution < -0.4 is 14.8 Å². The number of aryl methyl sites for hydroxylation is 1. The highest BCUT2D eigenvalue weighted by molar-refractivity contribution is 5.81. The summed E-state index contributed by atoms with van der Waals surface area (Å²) < 4.78 is 52.8. The van der Waals surface area contributed by atoms with Crippen LogP contribution in [0.4, 0.5) is 13.2 Å². The normalized spacial score (nSPS) is 12.6. The van der Waals surface area contributed by atoms with Crippen LogP contribution in [0.15, 0.2) is 12.1 Å². The minimum Gasteiger partial charge on any atom is -0.496 e. The summed E-state index contributed by atoms with van der Waals surface area (Å²) in [6.45, 7) is 2.11. The van der Waals surface area contributed by atoms with Crippen molar-refractivity contribution >= 4 is 5.91 Å². The van der Waals surface area contributed by atoms with Crippen molar-refractivity contribution in [2.75, 3.05) is 27.9 Å². The number of ether oxygens (including phenoxy) is 3. The molecule has 1 aromatic carbocycles. The number of nitrogens with one attached hydrogen (secondary N) is 1. The Morgan fingerprint density at radius 1 is 1.12 bits per heavy atom. The van der Waals surface area contributed by atoms with E-state index < -0.39 is 18.1 Å². The Hall–Kier alpha value is -1.96. The minimum absolute atomic E-state index is 0.180. The average Bonchev–Trinajstić information content (AvgIpc) is 2.54. The average molecular weight is 363 g/mol. The second kappa shape index (κ2) is 9.50. The van der Waals surface area contributed by atoms with E-state index in [4.69, 9.17) is 14.2 Å². The lowest BCUT2D eigenvalue weighted by Crippen LogP contribution is -2.42. The van der Waals surface area contributed by atoms with Gasteiger partial charge in [0.2, 0.25) is 0 Å². The molecule has 5 nitrogen and oxygen atoms in total. The van der Waals surface area contributed by atoms with E-state index in [2.05, 4.69) is 0 Å². The fourth-order valence-electron chi connectivity index (χ4n) is 2.47. The highest BCUT2D eigenvalue weighted by Crippen LogP contribution is 2.31. The van der Waals surface area contributed by atoms with Gasteiger partial charge in [-0.1, -0.05) is 0 Å². The Kier molecular flexibility index (Phi) is 8.02. The molecule has 1 amide bonds. The van der Waals surface area contributed by atoms with Gasteiger partial charge in [0.25, 0.3) is 0 Å². The highest BCUT2D eigenvalue weighted by atomic mass is 19.4. The molecule has 0 aliphatic heterocycles. The van der Waals surface area contributed by atoms with Gasteiger partial charge in [-0.05, 0) is 49.4 Å². The van der Waals surface area contributed by atoms with Crippen LogP contribution in [0.3, 0.4) is 0 Å². The van der Waals surface area contributed by atoms with Crippen molar-refractivity contribution in [3.8, 4) is 11.5 Å². The summed E-state index contributed by atoms with van der Waals surface area (Å²) in [5.41, 5.74) is 1.58. The van der Waals surface area contributed by atoms with E-state index >= 15 is 0 Å². The SMILES string of the molecule is COCCCc1cc(OC)c(CC(C)NC(=O)C(F)(F)F)cc1OC. The fraction of sp³-hybridized carbons (Fsp3) is 0.588. The third-order valence-corrected chi connectivity index (χ3v) is 3.64. The standard InChI is InChI=1S/C17H24F3NO4/c1-11(21-16(22)17(18,19)20)8-13-10-14(24-3)12(6-5-7-23-2)9-15(13)25-4/h9-11H,5-8H2,1-4H3,(H,21,22). The number of hydrogen-bond acceptors (Lipinski definition) is 4. The van der Waals surface area contributed by atoms with Crippen LogP contribution in [0.2, 0.25) is 0 Å². The molecule has 0 aromatic heterocycles. The summed E-state index contributed by atoms with van der Waals surface area (Å²) in [5.74, 6) is -0.787. The van der Waals surface area contributed by atoms with E-state index in [9.17, 15) is 18.0 Å². The summed E-state index contributed by atoms with van der Waals surface area (Å²) in [5, 5.41) is 1.94. The van der Waals surface area contributed by atoms with Crippen molar-refractivity contribution in [3.63, 3.8) is 0 Å². The molecule has 0 saturated carbocycles. The van der Waals surface area contributed by atoms with Gasteiger partial charge in [0.05, 0.1) is 14.2 Å². The van der Waals surface area contributed by atoms with Crippen molar-refractivity contribution < 1.29 is 32.2 Å². The number of benzene rings is 1. The van der Waals surface area contributed by atoms with Crippen LogP contribution in [0.25, 0.3) is 0 Å². The first kappa shape index (κ1) is 21.1. The number of halogens is 3. The molecule has 0 aliphatic rings. The number of rotatable bonds is 9. The summed E-state index contributed by atoms with van der Waals surface area (Å²) in [6.07, 6.45) is -3.21. The first-order valence-electron chi connectivity index (χ1n) is 7.83. The van der Waals surface area contributed by atoms with Crippen LogP contribution in [0, 0.1) is 0 Å². The molecule has 1 aromatic rings. The fourth-order valence-corrected chi connectivity index (χ4v) is 2.47. The number of hydrogen-bond donors (Lipinski definition) is 1. The minimum atomic E-state index is -4.90. The zero-order valence-corrected chi connectivity index (χ0v) is 14.8. The summed E-state index contributed by atoms with van der Waals surface area (Å²) in [4.78, 5) is 11.0. The molecule has 0 saturated heterocycles. The highest BCUT2D eigenvalue weighted by Gasteiger charge is 2.39. The summed E-state index contributed by atoms with van der Waals surface area (Å²) in [7, 11) is 4.64. The molecule has 0 heterocycles. The maximum atomic E-state index is 12.3. The van der Waals surface area contributed by atoms with Crippen LogP contribution in [-0.2, 0) is 22.4 Å². The third-order valence-electron chi connectivity index (χ3n) is 3.64.